The molecule has 7 heteroatoms. The molecule has 0 unspecified atom stereocenters. The molecule has 92 valence electrons. The van der Waals surface area contributed by atoms with Crippen LogP contribution in [0, 0.1) is 0 Å². The first kappa shape index (κ1) is 11.8. The monoisotopic (exact) mass is 247 g/mol. The highest BCUT2D eigenvalue weighted by atomic mass is 32.2. The van der Waals surface area contributed by atoms with Crippen LogP contribution in [-0.4, -0.2) is 68.6 Å². The van der Waals surface area contributed by atoms with Crippen LogP contribution in [0.4, 0.5) is 0 Å². The fraction of sp³-hybridized carbons (Fsp3) is 0.889. The largest absolute Gasteiger partial charge is 0.339 e. The summed E-state index contributed by atoms with van der Waals surface area (Å²) in [6.07, 6.45) is 0.904. The van der Waals surface area contributed by atoms with E-state index >= 15 is 0 Å². The molecule has 0 atom stereocenters. The number of sulfonamides is 1. The van der Waals surface area contributed by atoms with Gasteiger partial charge in [-0.1, -0.05) is 0 Å². The number of piperazine rings is 1. The maximum absolute atomic E-state index is 11.8. The van der Waals surface area contributed by atoms with Gasteiger partial charge in [0.25, 0.3) is 0 Å². The van der Waals surface area contributed by atoms with Gasteiger partial charge in [-0.3, -0.25) is 4.79 Å². The van der Waals surface area contributed by atoms with Crippen molar-refractivity contribution in [3.63, 3.8) is 0 Å². The van der Waals surface area contributed by atoms with Crippen molar-refractivity contribution in [3.8, 4) is 0 Å². The number of amides is 1. The zero-order valence-corrected chi connectivity index (χ0v) is 10.0. The minimum absolute atomic E-state index is 0.270. The van der Waals surface area contributed by atoms with Crippen molar-refractivity contribution in [2.24, 2.45) is 0 Å². The van der Waals surface area contributed by atoms with Crippen LogP contribution in [0.15, 0.2) is 0 Å². The number of carbonyl (C=O) groups excluding carboxylic acids is 1. The minimum Gasteiger partial charge on any atom is -0.339 e. The molecule has 0 bridgehead atoms. The molecule has 2 aliphatic heterocycles. The summed E-state index contributed by atoms with van der Waals surface area (Å²) in [5.41, 5.74) is 0. The van der Waals surface area contributed by atoms with E-state index in [0.717, 1.165) is 19.5 Å². The van der Waals surface area contributed by atoms with Crippen LogP contribution < -0.4 is 5.32 Å². The van der Waals surface area contributed by atoms with Crippen molar-refractivity contribution < 1.29 is 13.2 Å². The van der Waals surface area contributed by atoms with E-state index in [9.17, 15) is 13.2 Å². The van der Waals surface area contributed by atoms with Crippen LogP contribution in [0.25, 0.3) is 0 Å². The Labute approximate surface area is 95.6 Å². The first-order chi connectivity index (χ1) is 7.59. The molecule has 0 aromatic carbocycles. The van der Waals surface area contributed by atoms with Gasteiger partial charge in [0.2, 0.25) is 15.9 Å². The molecule has 0 spiro atoms. The Hall–Kier alpha value is -0.660. The van der Waals surface area contributed by atoms with Crippen LogP contribution in [0.5, 0.6) is 0 Å². The molecule has 1 amide bonds. The Morgan fingerprint density at radius 1 is 1.12 bits per heavy atom. The van der Waals surface area contributed by atoms with Crippen molar-refractivity contribution in [2.45, 2.75) is 6.42 Å². The molecule has 16 heavy (non-hydrogen) atoms. The van der Waals surface area contributed by atoms with Gasteiger partial charge in [0.15, 0.2) is 0 Å². The molecular formula is C9H17N3O3S. The van der Waals surface area contributed by atoms with Crippen LogP contribution >= 0.6 is 0 Å². The number of hydrogen-bond donors (Lipinski definition) is 1. The van der Waals surface area contributed by atoms with E-state index in [1.807, 2.05) is 0 Å². The SMILES string of the molecule is O=C(CS(=O)(=O)N1CCC1)N1CCNCC1. The lowest BCUT2D eigenvalue weighted by atomic mass is 10.3. The van der Waals surface area contributed by atoms with E-state index in [4.69, 9.17) is 0 Å². The van der Waals surface area contributed by atoms with E-state index in [1.165, 1.54) is 4.31 Å². The van der Waals surface area contributed by atoms with Crippen molar-refractivity contribution >= 4 is 15.9 Å². The average molecular weight is 247 g/mol. The van der Waals surface area contributed by atoms with Gasteiger partial charge in [0.1, 0.15) is 5.75 Å². The summed E-state index contributed by atoms with van der Waals surface area (Å²) in [7, 11) is -3.35. The molecule has 0 aromatic rings. The molecule has 2 rings (SSSR count). The summed E-state index contributed by atoms with van der Waals surface area (Å²) in [6.45, 7) is 3.84. The molecule has 0 aromatic heterocycles. The third kappa shape index (κ3) is 2.53. The number of rotatable bonds is 3. The molecule has 0 radical (unpaired) electrons. The van der Waals surface area contributed by atoms with E-state index in [0.29, 0.717) is 26.2 Å². The summed E-state index contributed by atoms with van der Waals surface area (Å²) < 4.78 is 24.8. The summed E-state index contributed by atoms with van der Waals surface area (Å²) >= 11 is 0. The van der Waals surface area contributed by atoms with Gasteiger partial charge in [-0.05, 0) is 6.42 Å². The predicted molar refractivity (Wildman–Crippen MR) is 59.4 cm³/mol. The van der Waals surface area contributed by atoms with Crippen molar-refractivity contribution in [1.29, 1.82) is 0 Å². The zero-order valence-electron chi connectivity index (χ0n) is 9.18. The highest BCUT2D eigenvalue weighted by Crippen LogP contribution is 2.13. The highest BCUT2D eigenvalue weighted by Gasteiger charge is 2.31. The standard InChI is InChI=1S/C9H17N3O3S/c13-9(11-6-2-10-3-7-11)8-16(14,15)12-4-1-5-12/h10H,1-8H2. The van der Waals surface area contributed by atoms with Gasteiger partial charge in [0.05, 0.1) is 0 Å². The molecule has 0 saturated carbocycles. The van der Waals surface area contributed by atoms with Crippen LogP contribution in [-0.2, 0) is 14.8 Å². The fourth-order valence-corrected chi connectivity index (χ4v) is 3.31. The summed E-state index contributed by atoms with van der Waals surface area (Å²) in [5.74, 6) is -0.638. The van der Waals surface area contributed by atoms with Gasteiger partial charge >= 0.3 is 0 Å². The smallest absolute Gasteiger partial charge is 0.239 e. The second kappa shape index (κ2) is 4.68. The fourth-order valence-electron chi connectivity index (χ4n) is 1.82. The molecule has 2 fully saturated rings. The van der Waals surface area contributed by atoms with Gasteiger partial charge in [-0.2, -0.15) is 0 Å². The summed E-state index contributed by atoms with van der Waals surface area (Å²) in [4.78, 5) is 13.4. The zero-order chi connectivity index (χ0) is 11.6. The van der Waals surface area contributed by atoms with Gasteiger partial charge in [-0.15, -0.1) is 0 Å². The maximum Gasteiger partial charge on any atom is 0.239 e. The Bertz CT molecular complexity index is 358. The van der Waals surface area contributed by atoms with E-state index in [2.05, 4.69) is 5.32 Å². The van der Waals surface area contributed by atoms with Crippen LogP contribution in [0.2, 0.25) is 0 Å². The quantitative estimate of drug-likeness (QED) is 0.656. The predicted octanol–water partition coefficient (Wildman–Crippen LogP) is -1.55. The van der Waals surface area contributed by atoms with Gasteiger partial charge in [-0.25, -0.2) is 12.7 Å². The molecule has 2 saturated heterocycles. The number of hydrogen-bond acceptors (Lipinski definition) is 4. The number of carbonyl (C=O) groups is 1. The second-order valence-electron chi connectivity index (χ2n) is 4.14. The van der Waals surface area contributed by atoms with Crippen molar-refractivity contribution in [3.05, 3.63) is 0 Å². The molecule has 1 N–H and O–H groups in total. The Balaban J connectivity index is 1.90. The third-order valence-corrected chi connectivity index (χ3v) is 4.75. The Kier molecular flexibility index (Phi) is 3.46. The first-order valence-corrected chi connectivity index (χ1v) is 7.17. The number of nitrogens with one attached hydrogen (secondary N) is 1. The number of nitrogens with zero attached hydrogens (tertiary/aromatic N) is 2. The maximum atomic E-state index is 11.8. The Morgan fingerprint density at radius 3 is 2.25 bits per heavy atom. The second-order valence-corrected chi connectivity index (χ2v) is 6.11. The molecule has 2 heterocycles. The summed E-state index contributed by atoms with van der Waals surface area (Å²) in [5, 5.41) is 3.12. The topological polar surface area (TPSA) is 69.7 Å². The lowest BCUT2D eigenvalue weighted by Crippen LogP contribution is -2.51. The van der Waals surface area contributed by atoms with Crippen molar-refractivity contribution in [1.82, 2.24) is 14.5 Å². The molecule has 2 aliphatic rings. The third-order valence-electron chi connectivity index (χ3n) is 2.98. The average Bonchev–Trinajstić information content (AvgIpc) is 2.14. The van der Waals surface area contributed by atoms with Crippen molar-refractivity contribution in [2.75, 3.05) is 45.0 Å². The lowest BCUT2D eigenvalue weighted by molar-refractivity contribution is -0.129. The van der Waals surface area contributed by atoms with Crippen LogP contribution in [0.3, 0.4) is 0 Å². The summed E-state index contributed by atoms with van der Waals surface area (Å²) in [6, 6.07) is 0. The normalized spacial score (nSPS) is 22.9. The molecule has 0 aliphatic carbocycles. The van der Waals surface area contributed by atoms with Gasteiger partial charge in [0, 0.05) is 39.3 Å². The molecule has 6 nitrogen and oxygen atoms in total. The van der Waals surface area contributed by atoms with E-state index in [-0.39, 0.29) is 11.7 Å². The van der Waals surface area contributed by atoms with E-state index in [1.54, 1.807) is 4.90 Å². The highest BCUT2D eigenvalue weighted by molar-refractivity contribution is 7.89. The molecular weight excluding hydrogens is 230 g/mol. The van der Waals surface area contributed by atoms with Crippen LogP contribution in [0.1, 0.15) is 6.42 Å². The lowest BCUT2D eigenvalue weighted by Gasteiger charge is -2.32. The van der Waals surface area contributed by atoms with Gasteiger partial charge < -0.3 is 10.2 Å². The first-order valence-electron chi connectivity index (χ1n) is 5.56. The van der Waals surface area contributed by atoms with E-state index < -0.39 is 10.0 Å². The minimum atomic E-state index is -3.35. The Morgan fingerprint density at radius 2 is 1.75 bits per heavy atom.